The van der Waals surface area contributed by atoms with Crippen LogP contribution in [0, 0.1) is 0 Å². The average Bonchev–Trinajstić information content (AvgIpc) is 2.60. The molecule has 0 saturated carbocycles. The van der Waals surface area contributed by atoms with Crippen LogP contribution in [-0.4, -0.2) is 55.4 Å². The number of nitrogens with zero attached hydrogens (tertiary/aromatic N) is 1. The van der Waals surface area contributed by atoms with Crippen LogP contribution in [0.2, 0.25) is 0 Å². The minimum absolute atomic E-state index is 0.193. The molecule has 3 aliphatic rings. The zero-order valence-corrected chi connectivity index (χ0v) is 8.79. The van der Waals surface area contributed by atoms with Gasteiger partial charge in [0.1, 0.15) is 0 Å². The monoisotopic (exact) mass is 211 g/mol. The summed E-state index contributed by atoms with van der Waals surface area (Å²) in [5, 5.41) is 6.10. The molecular weight excluding hydrogens is 194 g/mol. The number of nitrogens with one attached hydrogen (secondary N) is 2. The van der Waals surface area contributed by atoms with Crippen LogP contribution in [-0.2, 0) is 4.74 Å². The van der Waals surface area contributed by atoms with Crippen molar-refractivity contribution in [3.05, 3.63) is 0 Å². The van der Waals surface area contributed by atoms with E-state index in [0.717, 1.165) is 26.2 Å². The molecule has 0 unspecified atom stereocenters. The average molecular weight is 211 g/mol. The highest BCUT2D eigenvalue weighted by Gasteiger charge is 2.52. The number of carbonyl (C=O) groups is 1. The number of ether oxygens (including phenoxy) is 1. The summed E-state index contributed by atoms with van der Waals surface area (Å²) in [6, 6.07) is 0.691. The van der Waals surface area contributed by atoms with Crippen molar-refractivity contribution in [1.29, 1.82) is 0 Å². The standard InChI is InChI=1S/C10H17N3O2/c14-9-12-5-10(15-9)6-13(7-10)8-1-3-11-4-2-8/h8,11H,1-7H2,(H,12,14). The second-order valence-electron chi connectivity index (χ2n) is 4.81. The molecule has 0 radical (unpaired) electrons. The molecule has 0 bridgehead atoms. The van der Waals surface area contributed by atoms with Gasteiger partial charge >= 0.3 is 6.09 Å². The van der Waals surface area contributed by atoms with Gasteiger partial charge in [0, 0.05) is 19.1 Å². The number of carbonyl (C=O) groups excluding carboxylic acids is 1. The lowest BCUT2D eigenvalue weighted by Crippen LogP contribution is -2.67. The van der Waals surface area contributed by atoms with E-state index in [1.54, 1.807) is 0 Å². The van der Waals surface area contributed by atoms with Gasteiger partial charge in [0.05, 0.1) is 6.54 Å². The number of rotatable bonds is 1. The first-order valence-corrected chi connectivity index (χ1v) is 5.69. The van der Waals surface area contributed by atoms with Gasteiger partial charge in [-0.05, 0) is 25.9 Å². The van der Waals surface area contributed by atoms with Gasteiger partial charge in [-0.2, -0.15) is 0 Å². The fourth-order valence-electron chi connectivity index (χ4n) is 2.80. The van der Waals surface area contributed by atoms with E-state index in [2.05, 4.69) is 15.5 Å². The Bertz CT molecular complexity index is 270. The maximum atomic E-state index is 11.0. The van der Waals surface area contributed by atoms with Gasteiger partial charge < -0.3 is 15.4 Å². The number of alkyl carbamates (subject to hydrolysis) is 1. The third-order valence-corrected chi connectivity index (χ3v) is 3.67. The Morgan fingerprint density at radius 3 is 2.67 bits per heavy atom. The number of likely N-dealkylation sites (tertiary alicyclic amines) is 1. The highest BCUT2D eigenvalue weighted by Crippen LogP contribution is 2.31. The summed E-state index contributed by atoms with van der Waals surface area (Å²) in [5.41, 5.74) is -0.193. The first-order chi connectivity index (χ1) is 7.27. The normalized spacial score (nSPS) is 31.1. The van der Waals surface area contributed by atoms with Crippen LogP contribution in [0.25, 0.3) is 0 Å². The van der Waals surface area contributed by atoms with E-state index >= 15 is 0 Å². The zero-order chi connectivity index (χ0) is 10.3. The summed E-state index contributed by atoms with van der Waals surface area (Å²) in [7, 11) is 0. The van der Waals surface area contributed by atoms with Gasteiger partial charge in [0.2, 0.25) is 0 Å². The lowest BCUT2D eigenvalue weighted by Gasteiger charge is -2.50. The Hall–Kier alpha value is -0.810. The summed E-state index contributed by atoms with van der Waals surface area (Å²) in [5.74, 6) is 0. The third-order valence-electron chi connectivity index (χ3n) is 3.67. The van der Waals surface area contributed by atoms with Gasteiger partial charge in [-0.15, -0.1) is 0 Å². The van der Waals surface area contributed by atoms with E-state index in [1.807, 2.05) is 0 Å². The van der Waals surface area contributed by atoms with Crippen LogP contribution in [0.5, 0.6) is 0 Å². The molecule has 0 aromatic rings. The molecule has 1 amide bonds. The Morgan fingerprint density at radius 1 is 1.33 bits per heavy atom. The van der Waals surface area contributed by atoms with Crippen molar-refractivity contribution >= 4 is 6.09 Å². The lowest BCUT2D eigenvalue weighted by molar-refractivity contribution is -0.0957. The molecular formula is C10H17N3O2. The quantitative estimate of drug-likeness (QED) is 0.616. The molecule has 3 aliphatic heterocycles. The van der Waals surface area contributed by atoms with Crippen LogP contribution in [0.4, 0.5) is 4.79 Å². The minimum Gasteiger partial charge on any atom is -0.438 e. The lowest BCUT2D eigenvalue weighted by atomic mass is 9.90. The van der Waals surface area contributed by atoms with Crippen LogP contribution in [0.3, 0.4) is 0 Å². The van der Waals surface area contributed by atoms with Crippen molar-refractivity contribution in [2.45, 2.75) is 24.5 Å². The van der Waals surface area contributed by atoms with Gasteiger partial charge in [0.15, 0.2) is 5.60 Å². The van der Waals surface area contributed by atoms with Gasteiger partial charge in [-0.1, -0.05) is 0 Å². The van der Waals surface area contributed by atoms with E-state index in [-0.39, 0.29) is 11.7 Å². The highest BCUT2D eigenvalue weighted by atomic mass is 16.6. The van der Waals surface area contributed by atoms with E-state index in [1.165, 1.54) is 12.8 Å². The molecule has 5 nitrogen and oxygen atoms in total. The zero-order valence-electron chi connectivity index (χ0n) is 8.79. The molecule has 3 heterocycles. The summed E-state index contributed by atoms with van der Waals surface area (Å²) in [4.78, 5) is 13.4. The fraction of sp³-hybridized carbons (Fsp3) is 0.900. The maximum absolute atomic E-state index is 11.0. The number of hydrogen-bond donors (Lipinski definition) is 2. The number of piperidine rings is 1. The molecule has 15 heavy (non-hydrogen) atoms. The molecule has 84 valence electrons. The van der Waals surface area contributed by atoms with Crippen LogP contribution >= 0.6 is 0 Å². The Kier molecular flexibility index (Phi) is 2.10. The first kappa shape index (κ1) is 9.42. The molecule has 3 rings (SSSR count). The van der Waals surface area contributed by atoms with Crippen LogP contribution in [0.15, 0.2) is 0 Å². The van der Waals surface area contributed by atoms with Gasteiger partial charge in [-0.3, -0.25) is 4.90 Å². The Morgan fingerprint density at radius 2 is 2.07 bits per heavy atom. The largest absolute Gasteiger partial charge is 0.438 e. The maximum Gasteiger partial charge on any atom is 0.407 e. The summed E-state index contributed by atoms with van der Waals surface area (Å²) in [6.07, 6.45) is 2.19. The van der Waals surface area contributed by atoms with Crippen LogP contribution < -0.4 is 10.6 Å². The van der Waals surface area contributed by atoms with E-state index < -0.39 is 0 Å². The number of amides is 1. The second kappa shape index (κ2) is 3.35. The van der Waals surface area contributed by atoms with Gasteiger partial charge in [0.25, 0.3) is 0 Å². The molecule has 0 aromatic carbocycles. The predicted octanol–water partition coefficient (Wildman–Crippen LogP) is -0.467. The van der Waals surface area contributed by atoms with E-state index in [0.29, 0.717) is 12.6 Å². The summed E-state index contributed by atoms with van der Waals surface area (Å²) >= 11 is 0. The SMILES string of the molecule is O=C1NCC2(CN(C3CCNCC3)C2)O1. The molecule has 3 fully saturated rings. The third kappa shape index (κ3) is 1.59. The topological polar surface area (TPSA) is 53.6 Å². The van der Waals surface area contributed by atoms with Crippen molar-refractivity contribution in [2.75, 3.05) is 32.7 Å². The highest BCUT2D eigenvalue weighted by molar-refractivity contribution is 5.70. The van der Waals surface area contributed by atoms with Crippen molar-refractivity contribution in [2.24, 2.45) is 0 Å². The van der Waals surface area contributed by atoms with E-state index in [9.17, 15) is 4.79 Å². The number of hydrogen-bond acceptors (Lipinski definition) is 4. The van der Waals surface area contributed by atoms with E-state index in [4.69, 9.17) is 4.74 Å². The van der Waals surface area contributed by atoms with Crippen molar-refractivity contribution in [3.63, 3.8) is 0 Å². The Labute approximate surface area is 89.1 Å². The molecule has 0 aliphatic carbocycles. The summed E-state index contributed by atoms with van der Waals surface area (Å²) in [6.45, 7) is 4.75. The minimum atomic E-state index is -0.250. The molecule has 2 N–H and O–H groups in total. The van der Waals surface area contributed by atoms with Crippen molar-refractivity contribution < 1.29 is 9.53 Å². The second-order valence-corrected chi connectivity index (χ2v) is 4.81. The fourth-order valence-corrected chi connectivity index (χ4v) is 2.80. The van der Waals surface area contributed by atoms with Crippen molar-refractivity contribution in [3.8, 4) is 0 Å². The molecule has 1 spiro atoms. The van der Waals surface area contributed by atoms with Crippen LogP contribution in [0.1, 0.15) is 12.8 Å². The smallest absolute Gasteiger partial charge is 0.407 e. The molecule has 3 saturated heterocycles. The molecule has 0 aromatic heterocycles. The predicted molar refractivity (Wildman–Crippen MR) is 54.7 cm³/mol. The molecule has 5 heteroatoms. The summed E-state index contributed by atoms with van der Waals surface area (Å²) < 4.78 is 5.30. The molecule has 0 atom stereocenters. The van der Waals surface area contributed by atoms with Crippen molar-refractivity contribution in [1.82, 2.24) is 15.5 Å². The van der Waals surface area contributed by atoms with Gasteiger partial charge in [-0.25, -0.2) is 4.79 Å². The first-order valence-electron chi connectivity index (χ1n) is 5.69. The Balaban J connectivity index is 1.54.